The van der Waals surface area contributed by atoms with Crippen LogP contribution in [0.1, 0.15) is 12.8 Å². The molecule has 0 unspecified atom stereocenters. The number of benzene rings is 2. The number of hydrogen-bond acceptors (Lipinski definition) is 4. The molecule has 6 heteroatoms. The summed E-state index contributed by atoms with van der Waals surface area (Å²) in [6.07, 6.45) is 2.41. The molecule has 0 aliphatic heterocycles. The molecule has 0 radical (unpaired) electrons. The summed E-state index contributed by atoms with van der Waals surface area (Å²) in [5, 5.41) is 15.3. The zero-order valence-corrected chi connectivity index (χ0v) is 14.4. The Hall–Kier alpha value is -3.28. The molecule has 3 N–H and O–H groups in total. The van der Waals surface area contributed by atoms with Crippen molar-refractivity contribution in [2.24, 2.45) is 0 Å². The van der Waals surface area contributed by atoms with Gasteiger partial charge >= 0.3 is 12.0 Å². The van der Waals surface area contributed by atoms with Gasteiger partial charge in [0.1, 0.15) is 5.75 Å². The summed E-state index contributed by atoms with van der Waals surface area (Å²) < 4.78 is 4.85. The van der Waals surface area contributed by atoms with E-state index in [1.165, 1.54) is 0 Å². The van der Waals surface area contributed by atoms with E-state index >= 15 is 0 Å². The van der Waals surface area contributed by atoms with E-state index in [9.17, 15) is 14.7 Å². The molecule has 0 spiro atoms. The normalized spacial score (nSPS) is 10.0. The molecule has 0 aromatic heterocycles. The molecule has 0 fully saturated rings. The van der Waals surface area contributed by atoms with Crippen molar-refractivity contribution in [2.75, 3.05) is 18.5 Å². The number of hydrogen-bond donors (Lipinski definition) is 3. The fourth-order valence-electron chi connectivity index (χ4n) is 2.27. The number of urea groups is 1. The Morgan fingerprint density at radius 2 is 1.85 bits per heavy atom. The van der Waals surface area contributed by atoms with Gasteiger partial charge in [-0.05, 0) is 36.1 Å². The average Bonchev–Trinajstić information content (AvgIpc) is 2.66. The predicted molar refractivity (Wildman–Crippen MR) is 101 cm³/mol. The Kier molecular flexibility index (Phi) is 7.24. The van der Waals surface area contributed by atoms with E-state index in [4.69, 9.17) is 4.74 Å². The van der Waals surface area contributed by atoms with E-state index in [0.29, 0.717) is 25.1 Å². The Morgan fingerprint density at radius 1 is 1.08 bits per heavy atom. The van der Waals surface area contributed by atoms with Crippen molar-refractivity contribution in [3.63, 3.8) is 0 Å². The molecule has 0 saturated carbocycles. The summed E-state index contributed by atoms with van der Waals surface area (Å²) in [7, 11) is 0. The molecule has 0 aliphatic rings. The third-order valence-electron chi connectivity index (χ3n) is 3.62. The lowest BCUT2D eigenvalue weighted by atomic mass is 10.0. The summed E-state index contributed by atoms with van der Waals surface area (Å²) in [5.41, 5.74) is 2.22. The molecular formula is C20H22N2O4. The Labute approximate surface area is 152 Å². The molecule has 6 nitrogen and oxygen atoms in total. The van der Waals surface area contributed by atoms with Crippen LogP contribution < -0.4 is 10.6 Å². The monoisotopic (exact) mass is 354 g/mol. The van der Waals surface area contributed by atoms with Crippen molar-refractivity contribution in [3.05, 3.63) is 61.2 Å². The smallest absolute Gasteiger partial charge is 0.330 e. The number of aromatic hydroxyl groups is 1. The number of rotatable bonds is 8. The molecule has 2 aromatic carbocycles. The van der Waals surface area contributed by atoms with E-state index in [1.807, 2.05) is 30.3 Å². The number of nitrogens with one attached hydrogen (secondary N) is 2. The number of ether oxygens (including phenoxy) is 1. The second-order valence-electron chi connectivity index (χ2n) is 5.56. The Morgan fingerprint density at radius 3 is 2.58 bits per heavy atom. The van der Waals surface area contributed by atoms with Crippen LogP contribution in [0.3, 0.4) is 0 Å². The lowest BCUT2D eigenvalue weighted by molar-refractivity contribution is -0.137. The maximum atomic E-state index is 12.0. The first-order chi connectivity index (χ1) is 12.6. The van der Waals surface area contributed by atoms with Gasteiger partial charge in [0.25, 0.3) is 0 Å². The van der Waals surface area contributed by atoms with Gasteiger partial charge in [-0.25, -0.2) is 9.59 Å². The van der Waals surface area contributed by atoms with Crippen LogP contribution in [-0.2, 0) is 9.53 Å². The van der Waals surface area contributed by atoms with Crippen LogP contribution >= 0.6 is 0 Å². The number of unbranched alkanes of at least 4 members (excludes halogenated alkanes) is 1. The minimum Gasteiger partial charge on any atom is -0.506 e. The Balaban J connectivity index is 1.81. The second-order valence-corrected chi connectivity index (χ2v) is 5.56. The van der Waals surface area contributed by atoms with Gasteiger partial charge in [-0.2, -0.15) is 0 Å². The highest BCUT2D eigenvalue weighted by Crippen LogP contribution is 2.29. The average molecular weight is 354 g/mol. The number of carbonyl (C=O) groups excluding carboxylic acids is 2. The number of amides is 2. The lowest BCUT2D eigenvalue weighted by Gasteiger charge is -2.11. The molecule has 0 aliphatic carbocycles. The van der Waals surface area contributed by atoms with Crippen LogP contribution in [0.5, 0.6) is 5.75 Å². The summed E-state index contributed by atoms with van der Waals surface area (Å²) in [5.74, 6) is -0.458. The van der Waals surface area contributed by atoms with Crippen molar-refractivity contribution in [1.29, 1.82) is 0 Å². The zero-order valence-electron chi connectivity index (χ0n) is 14.4. The van der Waals surface area contributed by atoms with E-state index in [2.05, 4.69) is 17.2 Å². The predicted octanol–water partition coefficient (Wildman–Crippen LogP) is 3.69. The third kappa shape index (κ3) is 5.98. The van der Waals surface area contributed by atoms with E-state index in [1.54, 1.807) is 18.2 Å². The topological polar surface area (TPSA) is 87.7 Å². The summed E-state index contributed by atoms with van der Waals surface area (Å²) in [6.45, 7) is 4.02. The number of anilines is 1. The van der Waals surface area contributed by atoms with Gasteiger partial charge < -0.3 is 20.5 Å². The van der Waals surface area contributed by atoms with Gasteiger partial charge in [0.2, 0.25) is 0 Å². The molecular weight excluding hydrogens is 332 g/mol. The fraction of sp³-hybridized carbons (Fsp3) is 0.200. The van der Waals surface area contributed by atoms with Crippen LogP contribution in [0, 0.1) is 0 Å². The summed E-state index contributed by atoms with van der Waals surface area (Å²) >= 11 is 0. The third-order valence-corrected chi connectivity index (χ3v) is 3.62. The quantitative estimate of drug-likeness (QED) is 0.292. The molecule has 0 atom stereocenters. The highest BCUT2D eigenvalue weighted by atomic mass is 16.5. The van der Waals surface area contributed by atoms with Gasteiger partial charge in [-0.15, -0.1) is 0 Å². The highest BCUT2D eigenvalue weighted by molar-refractivity contribution is 5.92. The maximum Gasteiger partial charge on any atom is 0.330 e. The van der Waals surface area contributed by atoms with E-state index < -0.39 is 12.0 Å². The van der Waals surface area contributed by atoms with Crippen LogP contribution in [0.25, 0.3) is 11.1 Å². The maximum absolute atomic E-state index is 12.0. The van der Waals surface area contributed by atoms with E-state index in [-0.39, 0.29) is 12.4 Å². The van der Waals surface area contributed by atoms with Gasteiger partial charge in [0.15, 0.2) is 0 Å². The Bertz CT molecular complexity index is 760. The fourth-order valence-corrected chi connectivity index (χ4v) is 2.27. The molecule has 2 rings (SSSR count). The van der Waals surface area contributed by atoms with Crippen LogP contribution in [0.4, 0.5) is 10.5 Å². The van der Waals surface area contributed by atoms with Crippen molar-refractivity contribution >= 4 is 17.7 Å². The highest BCUT2D eigenvalue weighted by Gasteiger charge is 2.08. The van der Waals surface area contributed by atoms with Crippen molar-refractivity contribution in [1.82, 2.24) is 5.32 Å². The first-order valence-electron chi connectivity index (χ1n) is 8.32. The molecule has 2 amide bonds. The van der Waals surface area contributed by atoms with Gasteiger partial charge in [0.05, 0.1) is 12.3 Å². The van der Waals surface area contributed by atoms with Crippen LogP contribution in [-0.4, -0.2) is 30.3 Å². The number of phenols is 1. The largest absolute Gasteiger partial charge is 0.506 e. The van der Waals surface area contributed by atoms with Crippen LogP contribution in [0.2, 0.25) is 0 Å². The van der Waals surface area contributed by atoms with Crippen molar-refractivity contribution < 1.29 is 19.4 Å². The SMILES string of the molecule is C=CC(=O)OCCCCNC(=O)Nc1cc(-c2ccccc2)ccc1O. The van der Waals surface area contributed by atoms with E-state index in [0.717, 1.165) is 17.2 Å². The number of carbonyl (C=O) groups is 2. The van der Waals surface area contributed by atoms with Crippen molar-refractivity contribution in [2.45, 2.75) is 12.8 Å². The zero-order chi connectivity index (χ0) is 18.8. The second kappa shape index (κ2) is 9.88. The number of esters is 1. The molecule has 26 heavy (non-hydrogen) atoms. The minimum atomic E-state index is -0.454. The molecule has 0 heterocycles. The summed E-state index contributed by atoms with van der Waals surface area (Å²) in [4.78, 5) is 22.8. The molecule has 2 aromatic rings. The first kappa shape index (κ1) is 19.1. The minimum absolute atomic E-state index is 0.00355. The number of phenolic OH excluding ortho intramolecular Hbond substituents is 1. The molecule has 136 valence electrons. The van der Waals surface area contributed by atoms with Gasteiger partial charge in [0, 0.05) is 12.6 Å². The standard InChI is InChI=1S/C20H22N2O4/c1-2-19(24)26-13-7-6-12-21-20(25)22-17-14-16(10-11-18(17)23)15-8-4-3-5-9-15/h2-5,8-11,14,23H,1,6-7,12-13H2,(H2,21,22,25). The van der Waals surface area contributed by atoms with Crippen molar-refractivity contribution in [3.8, 4) is 16.9 Å². The summed E-state index contributed by atoms with van der Waals surface area (Å²) in [6, 6.07) is 14.3. The van der Waals surface area contributed by atoms with Gasteiger partial charge in [-0.1, -0.05) is 43.0 Å². The van der Waals surface area contributed by atoms with Crippen LogP contribution in [0.15, 0.2) is 61.2 Å². The van der Waals surface area contributed by atoms with Gasteiger partial charge in [-0.3, -0.25) is 0 Å². The lowest BCUT2D eigenvalue weighted by Crippen LogP contribution is -2.29. The molecule has 0 saturated heterocycles. The first-order valence-corrected chi connectivity index (χ1v) is 8.32. The molecule has 0 bridgehead atoms.